The lowest BCUT2D eigenvalue weighted by Gasteiger charge is -2.31. The van der Waals surface area contributed by atoms with Gasteiger partial charge in [0.1, 0.15) is 6.04 Å². The highest BCUT2D eigenvalue weighted by Crippen LogP contribution is 2.48. The van der Waals surface area contributed by atoms with Crippen molar-refractivity contribution >= 4 is 17.5 Å². The molecule has 2 aliphatic rings. The third-order valence-corrected chi connectivity index (χ3v) is 4.67. The van der Waals surface area contributed by atoms with E-state index in [0.29, 0.717) is 12.1 Å². The van der Waals surface area contributed by atoms with Crippen molar-refractivity contribution in [2.24, 2.45) is 11.1 Å². The van der Waals surface area contributed by atoms with Crippen LogP contribution < -0.4 is 10.6 Å². The number of aryl methyl sites for hydroxylation is 1. The first-order chi connectivity index (χ1) is 10.0. The average Bonchev–Trinajstić information content (AvgIpc) is 2.75. The van der Waals surface area contributed by atoms with Crippen molar-refractivity contribution in [1.29, 1.82) is 0 Å². The molecule has 1 saturated heterocycles. The van der Waals surface area contributed by atoms with Gasteiger partial charge in [-0.25, -0.2) is 0 Å². The van der Waals surface area contributed by atoms with E-state index >= 15 is 0 Å². The molecule has 5 heteroatoms. The van der Waals surface area contributed by atoms with Crippen LogP contribution >= 0.6 is 0 Å². The number of hydrogen-bond acceptors (Lipinski definition) is 3. The Morgan fingerprint density at radius 3 is 2.86 bits per heavy atom. The van der Waals surface area contributed by atoms with Crippen LogP contribution in [0.25, 0.3) is 0 Å². The Morgan fingerprint density at radius 1 is 1.48 bits per heavy atom. The van der Waals surface area contributed by atoms with Gasteiger partial charge in [0, 0.05) is 5.69 Å². The summed E-state index contributed by atoms with van der Waals surface area (Å²) in [6, 6.07) is 3.12. The molecule has 2 unspecified atom stereocenters. The van der Waals surface area contributed by atoms with E-state index in [9.17, 15) is 9.59 Å². The van der Waals surface area contributed by atoms with E-state index in [4.69, 9.17) is 5.73 Å². The Bertz CT molecular complexity index is 561. The van der Waals surface area contributed by atoms with Gasteiger partial charge in [-0.05, 0) is 44.7 Å². The lowest BCUT2D eigenvalue weighted by molar-refractivity contribution is -0.126. The van der Waals surface area contributed by atoms with Crippen LogP contribution in [-0.2, 0) is 9.59 Å². The molecule has 1 aromatic heterocycles. The molecule has 21 heavy (non-hydrogen) atoms. The molecular weight excluding hydrogens is 266 g/mol. The Hall–Kier alpha value is -1.91. The van der Waals surface area contributed by atoms with Crippen molar-refractivity contribution in [3.05, 3.63) is 30.4 Å². The fourth-order valence-corrected chi connectivity index (χ4v) is 3.52. The summed E-state index contributed by atoms with van der Waals surface area (Å²) in [6.45, 7) is 1.89. The molecule has 2 heterocycles. The first-order valence-corrected chi connectivity index (χ1v) is 7.41. The molecule has 0 aromatic carbocycles. The summed E-state index contributed by atoms with van der Waals surface area (Å²) in [5.74, 6) is -0.417. The molecule has 5 nitrogen and oxygen atoms in total. The van der Waals surface area contributed by atoms with E-state index in [1.54, 1.807) is 11.1 Å². The molecule has 2 fully saturated rings. The first-order valence-electron chi connectivity index (χ1n) is 7.41. The Balaban J connectivity index is 1.98. The lowest BCUT2D eigenvalue weighted by atomic mass is 9.72. The Morgan fingerprint density at radius 2 is 2.29 bits per heavy atom. The van der Waals surface area contributed by atoms with Crippen LogP contribution in [0.3, 0.4) is 0 Å². The fraction of sp³-hybridized carbons (Fsp3) is 0.500. The van der Waals surface area contributed by atoms with Crippen LogP contribution in [0.2, 0.25) is 0 Å². The van der Waals surface area contributed by atoms with Crippen LogP contribution in [0.5, 0.6) is 0 Å². The maximum atomic E-state index is 13.0. The minimum atomic E-state index is -0.562. The monoisotopic (exact) mass is 286 g/mol. The summed E-state index contributed by atoms with van der Waals surface area (Å²) in [6.07, 6.45) is 7.95. The summed E-state index contributed by atoms with van der Waals surface area (Å²) in [5.41, 5.74) is 6.64. The first kappa shape index (κ1) is 14.0. The molecule has 1 radical (unpaired) electrons. The number of carbonyl (C=O) groups is 2. The number of anilines is 1. The molecular formula is C16H20N3O2. The molecule has 1 aliphatic carbocycles. The maximum absolute atomic E-state index is 13.0. The van der Waals surface area contributed by atoms with Gasteiger partial charge in [0.25, 0.3) is 0 Å². The van der Waals surface area contributed by atoms with Gasteiger partial charge < -0.3 is 5.73 Å². The van der Waals surface area contributed by atoms with E-state index in [1.807, 2.05) is 19.1 Å². The number of amides is 2. The smallest absolute Gasteiger partial charge is 0.240 e. The molecule has 2 amide bonds. The number of nitrogens with zero attached hydrogens (tertiary/aromatic N) is 2. The molecule has 1 saturated carbocycles. The third-order valence-electron chi connectivity index (χ3n) is 4.67. The Labute approximate surface area is 124 Å². The van der Waals surface area contributed by atoms with Crippen molar-refractivity contribution < 1.29 is 9.59 Å². The van der Waals surface area contributed by atoms with Crippen molar-refractivity contribution in [2.45, 2.75) is 45.1 Å². The minimum absolute atomic E-state index is 0.0212. The van der Waals surface area contributed by atoms with Gasteiger partial charge in [-0.1, -0.05) is 12.8 Å². The number of nitrogens with two attached hydrogens (primary N) is 1. The summed E-state index contributed by atoms with van der Waals surface area (Å²) in [4.78, 5) is 30.6. The SMILES string of the molecule is Cc1ccc(N2C(=O)C3(C[CH]CCC3)CC2C(N)=O)cn1. The van der Waals surface area contributed by atoms with Gasteiger partial charge in [-0.2, -0.15) is 0 Å². The highest BCUT2D eigenvalue weighted by atomic mass is 16.2. The second-order valence-electron chi connectivity index (χ2n) is 6.12. The number of carbonyl (C=O) groups excluding carboxylic acids is 2. The van der Waals surface area contributed by atoms with Crippen LogP contribution in [0, 0.1) is 18.8 Å². The molecule has 1 spiro atoms. The van der Waals surface area contributed by atoms with E-state index in [-0.39, 0.29) is 5.91 Å². The van der Waals surface area contributed by atoms with Crippen molar-refractivity contribution in [3.8, 4) is 0 Å². The largest absolute Gasteiger partial charge is 0.368 e. The third kappa shape index (κ3) is 2.30. The topological polar surface area (TPSA) is 76.3 Å². The second-order valence-corrected chi connectivity index (χ2v) is 6.12. The lowest BCUT2D eigenvalue weighted by Crippen LogP contribution is -2.43. The molecule has 2 N–H and O–H groups in total. The van der Waals surface area contributed by atoms with Crippen molar-refractivity contribution in [3.63, 3.8) is 0 Å². The van der Waals surface area contributed by atoms with E-state index in [0.717, 1.165) is 31.4 Å². The zero-order valence-electron chi connectivity index (χ0n) is 12.2. The number of hydrogen-bond donors (Lipinski definition) is 1. The highest BCUT2D eigenvalue weighted by molar-refractivity contribution is 6.06. The molecule has 111 valence electrons. The second kappa shape index (κ2) is 5.13. The van der Waals surface area contributed by atoms with E-state index in [2.05, 4.69) is 11.4 Å². The van der Waals surface area contributed by atoms with Crippen LogP contribution in [0.1, 0.15) is 37.8 Å². The normalized spacial score (nSPS) is 24.5. The Kier molecular flexibility index (Phi) is 3.43. The summed E-state index contributed by atoms with van der Waals surface area (Å²) >= 11 is 0. The van der Waals surface area contributed by atoms with Crippen molar-refractivity contribution in [2.75, 3.05) is 4.90 Å². The number of pyridine rings is 1. The zero-order chi connectivity index (χ0) is 15.0. The van der Waals surface area contributed by atoms with E-state index < -0.39 is 17.4 Å². The van der Waals surface area contributed by atoms with Gasteiger partial charge in [0.05, 0.1) is 17.3 Å². The fourth-order valence-electron chi connectivity index (χ4n) is 3.52. The average molecular weight is 286 g/mol. The number of primary amides is 1. The predicted octanol–water partition coefficient (Wildman–Crippen LogP) is 1.75. The number of rotatable bonds is 2. The van der Waals surface area contributed by atoms with Gasteiger partial charge in [-0.15, -0.1) is 0 Å². The standard InChI is InChI=1S/C16H20N3O2/c1-11-5-6-12(10-18-11)19-13(14(17)20)9-16(15(19)21)7-3-2-4-8-16/h3,5-6,10,13H,2,4,7-9H2,1H3,(H2,17,20). The molecule has 0 bridgehead atoms. The molecule has 1 aromatic rings. The highest BCUT2D eigenvalue weighted by Gasteiger charge is 2.53. The minimum Gasteiger partial charge on any atom is -0.368 e. The summed E-state index contributed by atoms with van der Waals surface area (Å²) in [5, 5.41) is 0. The quantitative estimate of drug-likeness (QED) is 0.899. The molecule has 2 atom stereocenters. The van der Waals surface area contributed by atoms with Gasteiger partial charge in [-0.3, -0.25) is 19.5 Å². The predicted molar refractivity (Wildman–Crippen MR) is 79.3 cm³/mol. The van der Waals surface area contributed by atoms with Gasteiger partial charge in [0.15, 0.2) is 0 Å². The number of aromatic nitrogens is 1. The molecule has 1 aliphatic heterocycles. The van der Waals surface area contributed by atoms with Crippen molar-refractivity contribution in [1.82, 2.24) is 4.98 Å². The van der Waals surface area contributed by atoms with Crippen LogP contribution in [-0.4, -0.2) is 22.8 Å². The summed E-state index contributed by atoms with van der Waals surface area (Å²) in [7, 11) is 0. The van der Waals surface area contributed by atoms with Crippen LogP contribution in [0.4, 0.5) is 5.69 Å². The summed E-state index contributed by atoms with van der Waals surface area (Å²) < 4.78 is 0. The van der Waals surface area contributed by atoms with Gasteiger partial charge >= 0.3 is 0 Å². The van der Waals surface area contributed by atoms with Gasteiger partial charge in [0.2, 0.25) is 11.8 Å². The molecule has 3 rings (SSSR count). The van der Waals surface area contributed by atoms with E-state index in [1.165, 1.54) is 0 Å². The maximum Gasteiger partial charge on any atom is 0.240 e. The van der Waals surface area contributed by atoms with Crippen LogP contribution in [0.15, 0.2) is 18.3 Å². The zero-order valence-corrected chi connectivity index (χ0v) is 12.2.